The Morgan fingerprint density at radius 1 is 1.03 bits per heavy atom. The quantitative estimate of drug-likeness (QED) is 0.491. The second-order valence-electron chi connectivity index (χ2n) is 9.33. The number of halogens is 2. The van der Waals surface area contributed by atoms with Crippen LogP contribution in [0.25, 0.3) is 21.8 Å². The first-order chi connectivity index (χ1) is 15.4. The minimum atomic E-state index is -0.365. The largest absolute Gasteiger partial charge is 0.343 e. The van der Waals surface area contributed by atoms with Crippen LogP contribution in [-0.4, -0.2) is 47.3 Å². The van der Waals surface area contributed by atoms with Gasteiger partial charge in [-0.05, 0) is 75.6 Å². The van der Waals surface area contributed by atoms with Crippen molar-refractivity contribution in [1.82, 2.24) is 19.4 Å². The van der Waals surface area contributed by atoms with E-state index < -0.39 is 0 Å². The van der Waals surface area contributed by atoms with Gasteiger partial charge in [-0.15, -0.1) is 0 Å². The lowest BCUT2D eigenvalue weighted by atomic mass is 9.94. The van der Waals surface area contributed by atoms with Gasteiger partial charge in [-0.2, -0.15) is 0 Å². The van der Waals surface area contributed by atoms with Gasteiger partial charge in [-0.1, -0.05) is 18.2 Å². The maximum atomic E-state index is 13.6. The third kappa shape index (κ3) is 3.42. The van der Waals surface area contributed by atoms with E-state index in [2.05, 4.69) is 66.3 Å². The molecule has 1 N–H and O–H groups in total. The number of rotatable bonds is 2. The topological polar surface area (TPSA) is 25.1 Å². The SMILES string of the molecule is CC1C(N(C)C)Cc2cccc3ccn1c23.CNC1Cc2cc(F)cc3c(F)cn(c23)C1. The Bertz CT molecular complexity index is 1290. The van der Waals surface area contributed by atoms with Gasteiger partial charge in [0.05, 0.1) is 11.0 Å². The van der Waals surface area contributed by atoms with E-state index in [1.54, 1.807) is 0 Å². The first-order valence-corrected chi connectivity index (χ1v) is 11.3. The molecule has 4 aromatic rings. The van der Waals surface area contributed by atoms with Gasteiger partial charge in [-0.25, -0.2) is 8.78 Å². The van der Waals surface area contributed by atoms with Crippen molar-refractivity contribution < 1.29 is 8.78 Å². The van der Waals surface area contributed by atoms with Crippen molar-refractivity contribution in [3.8, 4) is 0 Å². The van der Waals surface area contributed by atoms with Crippen molar-refractivity contribution in [1.29, 1.82) is 0 Å². The molecule has 0 amide bonds. The second-order valence-corrected chi connectivity index (χ2v) is 9.33. The van der Waals surface area contributed by atoms with Crippen molar-refractivity contribution >= 4 is 21.8 Å². The van der Waals surface area contributed by atoms with E-state index in [1.807, 2.05) is 11.6 Å². The molecule has 0 aliphatic carbocycles. The Morgan fingerprint density at radius 3 is 2.59 bits per heavy atom. The second kappa shape index (κ2) is 8.01. The summed E-state index contributed by atoms with van der Waals surface area (Å²) in [6.45, 7) is 3.05. The zero-order valence-corrected chi connectivity index (χ0v) is 19.1. The lowest BCUT2D eigenvalue weighted by molar-refractivity contribution is 0.216. The van der Waals surface area contributed by atoms with Gasteiger partial charge in [0.15, 0.2) is 0 Å². The molecule has 32 heavy (non-hydrogen) atoms. The van der Waals surface area contributed by atoms with Crippen LogP contribution in [0.4, 0.5) is 8.78 Å². The molecular formula is C26H30F2N4. The van der Waals surface area contributed by atoms with E-state index in [0.717, 1.165) is 30.5 Å². The van der Waals surface area contributed by atoms with Crippen LogP contribution in [0.3, 0.4) is 0 Å². The molecular weight excluding hydrogens is 406 g/mol. The summed E-state index contributed by atoms with van der Waals surface area (Å²) in [5.41, 5.74) is 4.64. The van der Waals surface area contributed by atoms with Crippen LogP contribution in [0.1, 0.15) is 24.1 Å². The average molecular weight is 437 g/mol. The summed E-state index contributed by atoms with van der Waals surface area (Å²) in [7, 11) is 6.22. The fraction of sp³-hybridized carbons (Fsp3) is 0.385. The van der Waals surface area contributed by atoms with Gasteiger partial charge in [0.1, 0.15) is 11.6 Å². The third-order valence-electron chi connectivity index (χ3n) is 7.17. The van der Waals surface area contributed by atoms with E-state index >= 15 is 0 Å². The van der Waals surface area contributed by atoms with Gasteiger partial charge < -0.3 is 19.4 Å². The molecule has 6 rings (SSSR count). The molecule has 0 bridgehead atoms. The van der Waals surface area contributed by atoms with Gasteiger partial charge in [0.25, 0.3) is 0 Å². The molecule has 4 heterocycles. The molecule has 0 saturated carbocycles. The van der Waals surface area contributed by atoms with Crippen LogP contribution >= 0.6 is 0 Å². The highest BCUT2D eigenvalue weighted by molar-refractivity contribution is 5.85. The molecule has 2 aliphatic heterocycles. The summed E-state index contributed by atoms with van der Waals surface area (Å²) in [5, 5.41) is 4.92. The predicted molar refractivity (Wildman–Crippen MR) is 126 cm³/mol. The van der Waals surface area contributed by atoms with Crippen molar-refractivity contribution in [2.24, 2.45) is 0 Å². The highest BCUT2D eigenvalue weighted by Gasteiger charge is 2.28. The number of nitrogens with zero attached hydrogens (tertiary/aromatic N) is 3. The van der Waals surface area contributed by atoms with E-state index in [0.29, 0.717) is 17.5 Å². The van der Waals surface area contributed by atoms with Crippen LogP contribution < -0.4 is 5.32 Å². The minimum absolute atomic E-state index is 0.240. The zero-order chi connectivity index (χ0) is 22.6. The van der Waals surface area contributed by atoms with Crippen LogP contribution in [0.2, 0.25) is 0 Å². The van der Waals surface area contributed by atoms with Crippen molar-refractivity contribution in [3.63, 3.8) is 0 Å². The minimum Gasteiger partial charge on any atom is -0.343 e. The number of hydrogen-bond donors (Lipinski definition) is 1. The first kappa shape index (κ1) is 21.2. The molecule has 0 spiro atoms. The Hall–Kier alpha value is -2.70. The molecule has 2 aromatic carbocycles. The van der Waals surface area contributed by atoms with Crippen LogP contribution in [0.5, 0.6) is 0 Å². The van der Waals surface area contributed by atoms with Crippen LogP contribution in [0.15, 0.2) is 48.8 Å². The maximum absolute atomic E-state index is 13.6. The van der Waals surface area contributed by atoms with E-state index in [4.69, 9.17) is 0 Å². The highest BCUT2D eigenvalue weighted by atomic mass is 19.1. The summed E-state index contributed by atoms with van der Waals surface area (Å²) in [6.07, 6.45) is 5.59. The zero-order valence-electron chi connectivity index (χ0n) is 19.1. The fourth-order valence-electron chi connectivity index (χ4n) is 5.50. The maximum Gasteiger partial charge on any atom is 0.148 e. The van der Waals surface area contributed by atoms with E-state index in [1.165, 1.54) is 34.8 Å². The van der Waals surface area contributed by atoms with Gasteiger partial charge in [-0.3, -0.25) is 0 Å². The highest BCUT2D eigenvalue weighted by Crippen LogP contribution is 2.33. The molecule has 0 fully saturated rings. The number of nitrogens with one attached hydrogen (secondary N) is 1. The predicted octanol–water partition coefficient (Wildman–Crippen LogP) is 4.75. The van der Waals surface area contributed by atoms with Gasteiger partial charge in [0, 0.05) is 42.5 Å². The molecule has 0 saturated heterocycles. The molecule has 168 valence electrons. The molecule has 2 aromatic heterocycles. The van der Waals surface area contributed by atoms with Crippen LogP contribution in [-0.2, 0) is 19.4 Å². The smallest absolute Gasteiger partial charge is 0.148 e. The Labute approximate surface area is 187 Å². The number of benzene rings is 2. The lowest BCUT2D eigenvalue weighted by Gasteiger charge is -2.35. The molecule has 3 unspecified atom stereocenters. The van der Waals surface area contributed by atoms with Crippen molar-refractivity contribution in [2.75, 3.05) is 21.1 Å². The fourth-order valence-corrected chi connectivity index (χ4v) is 5.50. The van der Waals surface area contributed by atoms with E-state index in [-0.39, 0.29) is 17.7 Å². The summed E-state index contributed by atoms with van der Waals surface area (Å²) < 4.78 is 31.2. The first-order valence-electron chi connectivity index (χ1n) is 11.3. The van der Waals surface area contributed by atoms with Crippen LogP contribution in [0, 0.1) is 11.6 Å². The van der Waals surface area contributed by atoms with Gasteiger partial charge in [0.2, 0.25) is 0 Å². The average Bonchev–Trinajstić information content (AvgIpc) is 3.34. The monoisotopic (exact) mass is 436 g/mol. The van der Waals surface area contributed by atoms with Gasteiger partial charge >= 0.3 is 0 Å². The number of likely N-dealkylation sites (N-methyl/N-ethyl adjacent to an activating group) is 2. The molecule has 6 heteroatoms. The normalized spacial score (nSPS) is 21.8. The standard InChI is InChI=1S/C14H18N2.C12H12F2N2/c1-10-13(15(2)3)9-12-6-4-5-11-7-8-16(10)14(11)12;1-15-9-3-7-2-8(13)4-10-11(14)6-16(5-9)12(7)10/h4-8,10,13H,9H2,1-3H3;2,4,6,9,15H,3,5H2,1H3. The van der Waals surface area contributed by atoms with E-state index in [9.17, 15) is 8.78 Å². The number of aromatic nitrogens is 2. The summed E-state index contributed by atoms with van der Waals surface area (Å²) in [5.74, 6) is -0.705. The third-order valence-corrected chi connectivity index (χ3v) is 7.17. The molecule has 0 radical (unpaired) electrons. The Morgan fingerprint density at radius 2 is 1.84 bits per heavy atom. The number of para-hydroxylation sites is 1. The molecule has 2 aliphatic rings. The molecule has 3 atom stereocenters. The van der Waals surface area contributed by atoms with Crippen molar-refractivity contribution in [2.45, 2.75) is 44.4 Å². The lowest BCUT2D eigenvalue weighted by Crippen LogP contribution is -2.39. The Balaban J connectivity index is 0.000000135. The summed E-state index contributed by atoms with van der Waals surface area (Å²) in [4.78, 5) is 2.34. The summed E-state index contributed by atoms with van der Waals surface area (Å²) in [6, 6.07) is 13.0. The Kier molecular flexibility index (Phi) is 5.30. The summed E-state index contributed by atoms with van der Waals surface area (Å²) >= 11 is 0. The van der Waals surface area contributed by atoms with Crippen molar-refractivity contribution in [3.05, 3.63) is 71.6 Å². The molecule has 4 nitrogen and oxygen atoms in total. The number of hydrogen-bond acceptors (Lipinski definition) is 2.